The van der Waals surface area contributed by atoms with Crippen LogP contribution in [0.15, 0.2) is 30.6 Å². The molecular weight excluding hydrogens is 344 g/mol. The van der Waals surface area contributed by atoms with Crippen molar-refractivity contribution in [2.75, 3.05) is 20.2 Å². The summed E-state index contributed by atoms with van der Waals surface area (Å²) in [6, 6.07) is 6.84. The Balaban J connectivity index is 1.81. The molecule has 3 rings (SSSR count). The molecule has 7 nitrogen and oxygen atoms in total. The van der Waals surface area contributed by atoms with Gasteiger partial charge in [0.05, 0.1) is 25.6 Å². The first kappa shape index (κ1) is 17.3. The van der Waals surface area contributed by atoms with Crippen LogP contribution in [0, 0.1) is 0 Å². The van der Waals surface area contributed by atoms with Crippen LogP contribution >= 0.6 is 11.6 Å². The highest BCUT2D eigenvalue weighted by molar-refractivity contribution is 6.30. The van der Waals surface area contributed by atoms with Gasteiger partial charge in [0.15, 0.2) is 0 Å². The smallest absolute Gasteiger partial charge is 0.318 e. The zero-order valence-corrected chi connectivity index (χ0v) is 14.5. The minimum Gasteiger partial charge on any atom is -0.469 e. The Kier molecular flexibility index (Phi) is 5.23. The molecule has 8 heteroatoms. The maximum absolute atomic E-state index is 12.6. The molecule has 0 aliphatic carbocycles. The number of methoxy groups -OCH3 is 1. The van der Waals surface area contributed by atoms with E-state index in [1.807, 2.05) is 12.1 Å². The third-order valence-electron chi connectivity index (χ3n) is 4.20. The topological polar surface area (TPSA) is 87.3 Å². The van der Waals surface area contributed by atoms with Gasteiger partial charge in [-0.05, 0) is 17.7 Å². The van der Waals surface area contributed by atoms with E-state index in [0.717, 1.165) is 17.0 Å². The molecule has 1 aromatic heterocycles. The number of hydrogen-bond donors (Lipinski definition) is 2. The molecule has 2 N–H and O–H groups in total. The number of nitrogens with zero attached hydrogens (tertiary/aromatic N) is 2. The number of urea groups is 1. The van der Waals surface area contributed by atoms with Crippen molar-refractivity contribution < 1.29 is 14.3 Å². The molecule has 0 radical (unpaired) electrons. The third kappa shape index (κ3) is 3.76. The van der Waals surface area contributed by atoms with Gasteiger partial charge in [-0.15, -0.1) is 0 Å². The van der Waals surface area contributed by atoms with Crippen molar-refractivity contribution in [2.24, 2.45) is 0 Å². The Morgan fingerprint density at radius 3 is 2.88 bits per heavy atom. The fourth-order valence-electron chi connectivity index (χ4n) is 2.95. The largest absolute Gasteiger partial charge is 0.469 e. The van der Waals surface area contributed by atoms with Crippen molar-refractivity contribution in [1.29, 1.82) is 0 Å². The first-order chi connectivity index (χ1) is 12.1. The molecule has 0 fully saturated rings. The quantitative estimate of drug-likeness (QED) is 0.817. The summed E-state index contributed by atoms with van der Waals surface area (Å²) in [7, 11) is 1.32. The highest BCUT2D eigenvalue weighted by Gasteiger charge is 2.33. The van der Waals surface area contributed by atoms with Crippen LogP contribution in [-0.2, 0) is 16.0 Å². The van der Waals surface area contributed by atoms with Crippen LogP contribution in [-0.4, -0.2) is 47.1 Å². The lowest BCUT2D eigenvalue weighted by Crippen LogP contribution is -2.46. The Labute approximate surface area is 150 Å². The van der Waals surface area contributed by atoms with E-state index in [-0.39, 0.29) is 31.0 Å². The van der Waals surface area contributed by atoms with E-state index in [1.54, 1.807) is 23.4 Å². The second kappa shape index (κ2) is 7.57. The zero-order chi connectivity index (χ0) is 17.8. The number of rotatable bonds is 4. The van der Waals surface area contributed by atoms with Crippen LogP contribution in [0.1, 0.15) is 29.4 Å². The van der Waals surface area contributed by atoms with Gasteiger partial charge >= 0.3 is 12.0 Å². The number of benzene rings is 1. The van der Waals surface area contributed by atoms with E-state index >= 15 is 0 Å². The van der Waals surface area contributed by atoms with Gasteiger partial charge in [0.2, 0.25) is 0 Å². The molecular formula is C17H19ClN4O3. The molecule has 0 unspecified atom stereocenters. The SMILES string of the molecule is COC(=O)CCNC(=O)N1CCc2[nH]cnc2[C@@H]1c1ccc(Cl)cc1. The van der Waals surface area contributed by atoms with E-state index < -0.39 is 0 Å². The molecule has 25 heavy (non-hydrogen) atoms. The summed E-state index contributed by atoms with van der Waals surface area (Å²) in [5.41, 5.74) is 2.79. The summed E-state index contributed by atoms with van der Waals surface area (Å²) in [4.78, 5) is 33.1. The number of aromatic nitrogens is 2. The molecule has 2 aromatic rings. The first-order valence-electron chi connectivity index (χ1n) is 7.99. The predicted octanol–water partition coefficient (Wildman–Crippen LogP) is 2.28. The van der Waals surface area contributed by atoms with Crippen molar-refractivity contribution >= 4 is 23.6 Å². The summed E-state index contributed by atoms with van der Waals surface area (Å²) in [6.45, 7) is 0.773. The van der Waals surface area contributed by atoms with Crippen LogP contribution in [0.2, 0.25) is 5.02 Å². The van der Waals surface area contributed by atoms with Crippen LogP contribution in [0.5, 0.6) is 0 Å². The maximum atomic E-state index is 12.6. The molecule has 0 saturated carbocycles. The fraction of sp³-hybridized carbons (Fsp3) is 0.353. The van der Waals surface area contributed by atoms with Gasteiger partial charge in [0, 0.05) is 30.2 Å². The van der Waals surface area contributed by atoms with E-state index in [1.165, 1.54) is 7.11 Å². The molecule has 2 heterocycles. The van der Waals surface area contributed by atoms with E-state index in [0.29, 0.717) is 18.0 Å². The van der Waals surface area contributed by atoms with Crippen LogP contribution in [0.25, 0.3) is 0 Å². The average molecular weight is 363 g/mol. The molecule has 132 valence electrons. The predicted molar refractivity (Wildman–Crippen MR) is 92.3 cm³/mol. The number of aromatic amines is 1. The number of imidazole rings is 1. The number of fused-ring (bicyclic) bond motifs is 1. The van der Waals surface area contributed by atoms with Crippen LogP contribution in [0.3, 0.4) is 0 Å². The van der Waals surface area contributed by atoms with Gasteiger partial charge in [-0.25, -0.2) is 9.78 Å². The first-order valence-corrected chi connectivity index (χ1v) is 8.37. The van der Waals surface area contributed by atoms with Gasteiger partial charge < -0.3 is 19.9 Å². The second-order valence-electron chi connectivity index (χ2n) is 5.72. The van der Waals surface area contributed by atoms with Crippen molar-refractivity contribution in [1.82, 2.24) is 20.2 Å². The molecule has 0 saturated heterocycles. The van der Waals surface area contributed by atoms with Crippen LogP contribution < -0.4 is 5.32 Å². The highest BCUT2D eigenvalue weighted by atomic mass is 35.5. The molecule has 0 spiro atoms. The molecule has 1 aromatic carbocycles. The van der Waals surface area contributed by atoms with Gasteiger partial charge in [-0.2, -0.15) is 0 Å². The lowest BCUT2D eigenvalue weighted by molar-refractivity contribution is -0.140. The number of carbonyl (C=O) groups excluding carboxylic acids is 2. The Hall–Kier alpha value is -2.54. The summed E-state index contributed by atoms with van der Waals surface area (Å²) in [5, 5.41) is 3.41. The van der Waals surface area contributed by atoms with E-state index in [4.69, 9.17) is 11.6 Å². The van der Waals surface area contributed by atoms with Crippen molar-refractivity contribution in [3.05, 3.63) is 52.6 Å². The van der Waals surface area contributed by atoms with Gasteiger partial charge in [-0.3, -0.25) is 4.79 Å². The number of hydrogen-bond acceptors (Lipinski definition) is 4. The summed E-state index contributed by atoms with van der Waals surface area (Å²) in [6.07, 6.45) is 2.48. The van der Waals surface area contributed by atoms with E-state index in [2.05, 4.69) is 20.0 Å². The highest BCUT2D eigenvalue weighted by Crippen LogP contribution is 2.33. The van der Waals surface area contributed by atoms with Crippen molar-refractivity contribution in [3.8, 4) is 0 Å². The summed E-state index contributed by atoms with van der Waals surface area (Å²) in [5.74, 6) is -0.359. The standard InChI is InChI=1S/C17H19ClN4O3/c1-25-14(23)6-8-19-17(24)22-9-7-13-15(21-10-20-13)16(22)11-2-4-12(18)5-3-11/h2-5,10,16H,6-9H2,1H3,(H,19,24)(H,20,21)/t16-/m0/s1. The summed E-state index contributed by atoms with van der Waals surface area (Å²) >= 11 is 5.98. The number of H-pyrrole nitrogens is 1. The molecule has 2 amide bonds. The summed E-state index contributed by atoms with van der Waals surface area (Å²) < 4.78 is 4.58. The lowest BCUT2D eigenvalue weighted by Gasteiger charge is -2.35. The molecule has 1 aliphatic rings. The monoisotopic (exact) mass is 362 g/mol. The normalized spacial score (nSPS) is 16.2. The Bertz CT molecular complexity index is 760. The minimum atomic E-state index is -0.359. The van der Waals surface area contributed by atoms with Gasteiger partial charge in [0.25, 0.3) is 0 Å². The molecule has 1 atom stereocenters. The number of nitrogens with one attached hydrogen (secondary N) is 2. The Morgan fingerprint density at radius 2 is 2.16 bits per heavy atom. The number of ether oxygens (including phenoxy) is 1. The molecule has 1 aliphatic heterocycles. The van der Waals surface area contributed by atoms with Gasteiger partial charge in [0.1, 0.15) is 6.04 Å². The second-order valence-corrected chi connectivity index (χ2v) is 6.16. The maximum Gasteiger partial charge on any atom is 0.318 e. The van der Waals surface area contributed by atoms with E-state index in [9.17, 15) is 9.59 Å². The average Bonchev–Trinajstić information content (AvgIpc) is 3.10. The zero-order valence-electron chi connectivity index (χ0n) is 13.8. The number of halogens is 1. The number of carbonyl (C=O) groups is 2. The number of amides is 2. The Morgan fingerprint density at radius 1 is 1.40 bits per heavy atom. The van der Waals surface area contributed by atoms with Crippen LogP contribution in [0.4, 0.5) is 4.79 Å². The lowest BCUT2D eigenvalue weighted by atomic mass is 9.96. The fourth-order valence-corrected chi connectivity index (χ4v) is 3.08. The minimum absolute atomic E-state index is 0.134. The number of esters is 1. The molecule has 0 bridgehead atoms. The van der Waals surface area contributed by atoms with Crippen molar-refractivity contribution in [3.63, 3.8) is 0 Å². The van der Waals surface area contributed by atoms with Gasteiger partial charge in [-0.1, -0.05) is 23.7 Å². The third-order valence-corrected chi connectivity index (χ3v) is 4.46. The van der Waals surface area contributed by atoms with Crippen molar-refractivity contribution in [2.45, 2.75) is 18.9 Å².